The van der Waals surface area contributed by atoms with Gasteiger partial charge in [-0.2, -0.15) is 0 Å². The van der Waals surface area contributed by atoms with E-state index in [4.69, 9.17) is 0 Å². The molecule has 0 radical (unpaired) electrons. The number of amides is 2. The zero-order chi connectivity index (χ0) is 27.3. The molecular weight excluding hydrogens is 481 g/mol. The number of halogens is 1. The van der Waals surface area contributed by atoms with Gasteiger partial charge in [-0.3, -0.25) is 13.9 Å². The van der Waals surface area contributed by atoms with E-state index in [1.807, 2.05) is 40.7 Å². The highest BCUT2D eigenvalue weighted by Gasteiger charge is 2.29. The second-order valence-corrected chi connectivity index (χ2v) is 12.1. The van der Waals surface area contributed by atoms with Crippen molar-refractivity contribution in [2.45, 2.75) is 72.5 Å². The molecule has 2 aromatic rings. The van der Waals surface area contributed by atoms with Crippen LogP contribution < -0.4 is 9.62 Å². The molecule has 198 valence electrons. The summed E-state index contributed by atoms with van der Waals surface area (Å²) >= 11 is 0. The maximum atomic E-state index is 14.4. The molecule has 7 nitrogen and oxygen atoms in total. The lowest BCUT2D eigenvalue weighted by atomic mass is 10.1. The van der Waals surface area contributed by atoms with Crippen molar-refractivity contribution in [3.05, 3.63) is 65.0 Å². The summed E-state index contributed by atoms with van der Waals surface area (Å²) in [6, 6.07) is 10.7. The summed E-state index contributed by atoms with van der Waals surface area (Å²) in [4.78, 5) is 27.5. The van der Waals surface area contributed by atoms with Crippen molar-refractivity contribution in [2.75, 3.05) is 17.1 Å². The van der Waals surface area contributed by atoms with Crippen LogP contribution in [0.3, 0.4) is 0 Å². The molecule has 2 rings (SSSR count). The first-order valence-electron chi connectivity index (χ1n) is 12.0. The molecule has 36 heavy (non-hydrogen) atoms. The Hall–Kier alpha value is -2.94. The van der Waals surface area contributed by atoms with Crippen molar-refractivity contribution in [3.63, 3.8) is 0 Å². The van der Waals surface area contributed by atoms with Crippen LogP contribution in [-0.4, -0.2) is 49.5 Å². The lowest BCUT2D eigenvalue weighted by molar-refractivity contribution is -0.141. The summed E-state index contributed by atoms with van der Waals surface area (Å²) in [6.07, 6.45) is 1.37. The van der Waals surface area contributed by atoms with Gasteiger partial charge in [0.05, 0.1) is 11.9 Å². The van der Waals surface area contributed by atoms with Crippen LogP contribution >= 0.6 is 0 Å². The van der Waals surface area contributed by atoms with Gasteiger partial charge in [-0.15, -0.1) is 0 Å². The minimum atomic E-state index is -3.58. The zero-order valence-corrected chi connectivity index (χ0v) is 23.1. The van der Waals surface area contributed by atoms with Crippen molar-refractivity contribution in [1.29, 1.82) is 0 Å². The van der Waals surface area contributed by atoms with Crippen molar-refractivity contribution < 1.29 is 22.4 Å². The van der Waals surface area contributed by atoms with Crippen molar-refractivity contribution in [3.8, 4) is 0 Å². The minimum absolute atomic E-state index is 0.00151. The van der Waals surface area contributed by atoms with E-state index in [0.717, 1.165) is 17.4 Å². The Morgan fingerprint density at radius 3 is 2.28 bits per heavy atom. The molecule has 0 aliphatic rings. The molecule has 1 N–H and O–H groups in total. The minimum Gasteiger partial charge on any atom is -0.350 e. The molecule has 0 aliphatic heterocycles. The van der Waals surface area contributed by atoms with Crippen LogP contribution in [0.5, 0.6) is 0 Å². The Morgan fingerprint density at radius 2 is 1.69 bits per heavy atom. The molecule has 0 bridgehead atoms. The number of hydrogen-bond donors (Lipinski definition) is 1. The second kappa shape index (κ2) is 11.9. The maximum absolute atomic E-state index is 14.4. The first-order chi connectivity index (χ1) is 16.6. The number of hydrogen-bond acceptors (Lipinski definition) is 4. The van der Waals surface area contributed by atoms with E-state index in [-0.39, 0.29) is 37.7 Å². The van der Waals surface area contributed by atoms with Crippen LogP contribution in [0.15, 0.2) is 42.5 Å². The highest BCUT2D eigenvalue weighted by Crippen LogP contribution is 2.25. The topological polar surface area (TPSA) is 86.8 Å². The average Bonchev–Trinajstić information content (AvgIpc) is 2.76. The zero-order valence-electron chi connectivity index (χ0n) is 22.3. The molecule has 1 atom stereocenters. The molecule has 2 amide bonds. The number of rotatable bonds is 10. The number of carbonyl (C=O) groups excluding carboxylic acids is 2. The lowest BCUT2D eigenvalue weighted by Crippen LogP contribution is -2.52. The highest BCUT2D eigenvalue weighted by atomic mass is 32.2. The highest BCUT2D eigenvalue weighted by molar-refractivity contribution is 7.92. The molecule has 9 heteroatoms. The summed E-state index contributed by atoms with van der Waals surface area (Å²) in [5, 5.41) is 2.87. The van der Waals surface area contributed by atoms with Crippen LogP contribution in [0, 0.1) is 19.7 Å². The molecule has 0 fully saturated rings. The molecule has 0 saturated carbocycles. The van der Waals surface area contributed by atoms with E-state index in [2.05, 4.69) is 5.32 Å². The van der Waals surface area contributed by atoms with Gasteiger partial charge in [0, 0.05) is 30.6 Å². The lowest BCUT2D eigenvalue weighted by Gasteiger charge is -2.32. The number of aryl methyl sites for hydroxylation is 1. The van der Waals surface area contributed by atoms with Crippen molar-refractivity contribution >= 4 is 27.5 Å². The van der Waals surface area contributed by atoms with Crippen LogP contribution in [0.1, 0.15) is 57.2 Å². The fourth-order valence-corrected chi connectivity index (χ4v) is 4.87. The monoisotopic (exact) mass is 519 g/mol. The molecule has 0 spiro atoms. The number of anilines is 1. The van der Waals surface area contributed by atoms with Gasteiger partial charge in [0.1, 0.15) is 11.9 Å². The summed E-state index contributed by atoms with van der Waals surface area (Å²) in [5.41, 5.74) is 2.19. The smallest absolute Gasteiger partial charge is 0.242 e. The number of benzene rings is 2. The van der Waals surface area contributed by atoms with Crippen LogP contribution in [0.4, 0.5) is 10.1 Å². The summed E-state index contributed by atoms with van der Waals surface area (Å²) in [5.74, 6) is -1.17. The third-order valence-electron chi connectivity index (χ3n) is 5.96. The van der Waals surface area contributed by atoms with E-state index in [9.17, 15) is 22.4 Å². The Bertz CT molecular complexity index is 1190. The summed E-state index contributed by atoms with van der Waals surface area (Å²) in [7, 11) is -3.58. The molecule has 0 aliphatic carbocycles. The Balaban J connectivity index is 2.24. The first kappa shape index (κ1) is 29.3. The quantitative estimate of drug-likeness (QED) is 0.507. The molecule has 0 unspecified atom stereocenters. The van der Waals surface area contributed by atoms with Gasteiger partial charge in [0.2, 0.25) is 21.8 Å². The predicted octanol–water partition coefficient (Wildman–Crippen LogP) is 4.32. The average molecular weight is 520 g/mol. The SMILES string of the molecule is Cc1cccc(N(CCCC(=O)N(Cc2ccccc2F)[C@H](C)C(=O)NC(C)(C)C)S(C)(=O)=O)c1C. The van der Waals surface area contributed by atoms with Gasteiger partial charge in [-0.25, -0.2) is 12.8 Å². The Labute approximate surface area is 214 Å². The van der Waals surface area contributed by atoms with Gasteiger partial charge >= 0.3 is 0 Å². The Morgan fingerprint density at radius 1 is 1.06 bits per heavy atom. The van der Waals surface area contributed by atoms with E-state index >= 15 is 0 Å². The third-order valence-corrected chi connectivity index (χ3v) is 7.14. The van der Waals surface area contributed by atoms with Gasteiger partial charge in [0.25, 0.3) is 0 Å². The molecule has 0 heterocycles. The van der Waals surface area contributed by atoms with Crippen LogP contribution in [0.25, 0.3) is 0 Å². The number of carbonyl (C=O) groups is 2. The van der Waals surface area contributed by atoms with Crippen LogP contribution in [-0.2, 0) is 26.2 Å². The van der Waals surface area contributed by atoms with Gasteiger partial charge in [-0.05, 0) is 71.2 Å². The van der Waals surface area contributed by atoms with Gasteiger partial charge in [-0.1, -0.05) is 30.3 Å². The van der Waals surface area contributed by atoms with E-state index in [1.165, 1.54) is 15.3 Å². The number of nitrogens with zero attached hydrogens (tertiary/aromatic N) is 2. The maximum Gasteiger partial charge on any atom is 0.242 e. The predicted molar refractivity (Wildman–Crippen MR) is 142 cm³/mol. The number of sulfonamides is 1. The molecule has 2 aromatic carbocycles. The molecular formula is C27H38FN3O4S. The molecule has 0 saturated heterocycles. The van der Waals surface area contributed by atoms with E-state index in [1.54, 1.807) is 37.3 Å². The third kappa shape index (κ3) is 8.05. The van der Waals surface area contributed by atoms with Gasteiger partial charge in [0.15, 0.2) is 0 Å². The van der Waals surface area contributed by atoms with E-state index < -0.39 is 27.4 Å². The summed E-state index contributed by atoms with van der Waals surface area (Å²) < 4.78 is 40.8. The fourth-order valence-electron chi connectivity index (χ4n) is 3.86. The van der Waals surface area contributed by atoms with Crippen molar-refractivity contribution in [2.24, 2.45) is 0 Å². The fraction of sp³-hybridized carbons (Fsp3) is 0.481. The standard InChI is InChI=1S/C27H38FN3O4S/c1-19-12-10-15-24(20(19)2)31(36(7,34)35)17-11-16-25(32)30(18-22-13-8-9-14-23(22)28)21(3)26(33)29-27(4,5)6/h8-10,12-15,21H,11,16-18H2,1-7H3,(H,29,33)/t21-/m1/s1. The normalized spacial score (nSPS) is 12.7. The largest absolute Gasteiger partial charge is 0.350 e. The Kier molecular flexibility index (Phi) is 9.65. The van der Waals surface area contributed by atoms with Gasteiger partial charge < -0.3 is 10.2 Å². The van der Waals surface area contributed by atoms with E-state index in [0.29, 0.717) is 11.3 Å². The summed E-state index contributed by atoms with van der Waals surface area (Å²) in [6.45, 7) is 10.9. The van der Waals surface area contributed by atoms with Crippen LogP contribution in [0.2, 0.25) is 0 Å². The van der Waals surface area contributed by atoms with Crippen molar-refractivity contribution in [1.82, 2.24) is 10.2 Å². The second-order valence-electron chi connectivity index (χ2n) is 10.2. The molecule has 0 aromatic heterocycles. The number of nitrogens with one attached hydrogen (secondary N) is 1. The first-order valence-corrected chi connectivity index (χ1v) is 13.9.